The lowest BCUT2D eigenvalue weighted by Crippen LogP contribution is -2.42. The molecule has 0 bridgehead atoms. The zero-order valence-corrected chi connectivity index (χ0v) is 17.5. The number of nitrogens with zero attached hydrogens (tertiary/aromatic N) is 1. The summed E-state index contributed by atoms with van der Waals surface area (Å²) in [6.45, 7) is 7.78. The third kappa shape index (κ3) is 4.93. The van der Waals surface area contributed by atoms with Crippen LogP contribution in [0.4, 0.5) is 0 Å². The van der Waals surface area contributed by atoms with Crippen LogP contribution in [0.2, 0.25) is 0 Å². The molecule has 1 aliphatic rings. The molecule has 6 heteroatoms. The number of carbonyl (C=O) groups is 2. The Labute approximate surface area is 170 Å². The van der Waals surface area contributed by atoms with E-state index in [0.29, 0.717) is 31.2 Å². The van der Waals surface area contributed by atoms with Crippen molar-refractivity contribution in [1.82, 2.24) is 4.90 Å². The summed E-state index contributed by atoms with van der Waals surface area (Å²) in [6.07, 6.45) is 1.60. The summed E-state index contributed by atoms with van der Waals surface area (Å²) >= 11 is 1.43. The minimum atomic E-state index is -0.218. The number of amides is 1. The van der Waals surface area contributed by atoms with Crippen molar-refractivity contribution >= 4 is 23.2 Å². The topological polar surface area (TPSA) is 55.8 Å². The van der Waals surface area contributed by atoms with E-state index in [4.69, 9.17) is 9.47 Å². The molecule has 0 aliphatic carbocycles. The smallest absolute Gasteiger partial charge is 0.310 e. The van der Waals surface area contributed by atoms with E-state index in [2.05, 4.69) is 6.07 Å². The minimum absolute atomic E-state index is 0.0167. The molecular weight excluding hydrogens is 374 g/mol. The van der Waals surface area contributed by atoms with Crippen LogP contribution in [0.5, 0.6) is 5.75 Å². The van der Waals surface area contributed by atoms with Crippen LogP contribution in [0.1, 0.15) is 46.1 Å². The van der Waals surface area contributed by atoms with Gasteiger partial charge >= 0.3 is 5.97 Å². The molecule has 1 atom stereocenters. The lowest BCUT2D eigenvalue weighted by molar-refractivity contribution is -0.149. The van der Waals surface area contributed by atoms with Crippen LogP contribution in [0.3, 0.4) is 0 Å². The molecule has 0 saturated carbocycles. The highest BCUT2D eigenvalue weighted by atomic mass is 32.1. The van der Waals surface area contributed by atoms with E-state index in [9.17, 15) is 9.59 Å². The molecule has 1 fully saturated rings. The first-order valence-corrected chi connectivity index (χ1v) is 10.6. The monoisotopic (exact) mass is 401 g/mol. The predicted octanol–water partition coefficient (Wildman–Crippen LogP) is 4.36. The fourth-order valence-electron chi connectivity index (χ4n) is 3.36. The van der Waals surface area contributed by atoms with Crippen LogP contribution in [0, 0.1) is 19.8 Å². The van der Waals surface area contributed by atoms with Crippen molar-refractivity contribution in [3.8, 4) is 5.75 Å². The Morgan fingerprint density at radius 3 is 2.86 bits per heavy atom. The molecule has 1 aliphatic heterocycles. The van der Waals surface area contributed by atoms with Gasteiger partial charge in [0.25, 0.3) is 5.91 Å². The summed E-state index contributed by atoms with van der Waals surface area (Å²) in [5, 5.41) is 1.96. The van der Waals surface area contributed by atoms with E-state index < -0.39 is 0 Å². The number of esters is 1. The van der Waals surface area contributed by atoms with Gasteiger partial charge in [-0.15, -0.1) is 11.3 Å². The Bertz CT molecular complexity index is 845. The molecule has 0 radical (unpaired) electrons. The summed E-state index contributed by atoms with van der Waals surface area (Å²) in [6, 6.07) is 8.03. The lowest BCUT2D eigenvalue weighted by atomic mass is 9.98. The van der Waals surface area contributed by atoms with Gasteiger partial charge in [-0.2, -0.15) is 0 Å². The third-order valence-corrected chi connectivity index (χ3v) is 5.90. The molecule has 0 N–H and O–H groups in total. The van der Waals surface area contributed by atoms with E-state index in [0.717, 1.165) is 35.3 Å². The van der Waals surface area contributed by atoms with E-state index in [1.807, 2.05) is 37.4 Å². The molecule has 5 nitrogen and oxygen atoms in total. The largest absolute Gasteiger partial charge is 0.489 e. The second-order valence-electron chi connectivity index (χ2n) is 7.22. The Hall–Kier alpha value is -2.34. The quantitative estimate of drug-likeness (QED) is 0.675. The van der Waals surface area contributed by atoms with Crippen LogP contribution in [0.25, 0.3) is 0 Å². The highest BCUT2D eigenvalue weighted by Gasteiger charge is 2.30. The number of hydrogen-bond donors (Lipinski definition) is 0. The van der Waals surface area contributed by atoms with Gasteiger partial charge in [-0.1, -0.05) is 12.1 Å². The number of rotatable bonds is 6. The summed E-state index contributed by atoms with van der Waals surface area (Å²) in [7, 11) is 0. The van der Waals surface area contributed by atoms with Gasteiger partial charge in [0, 0.05) is 18.7 Å². The fraction of sp³-hybridized carbons (Fsp3) is 0.455. The molecule has 150 valence electrons. The highest BCUT2D eigenvalue weighted by molar-refractivity contribution is 7.12. The van der Waals surface area contributed by atoms with Gasteiger partial charge in [-0.25, -0.2) is 0 Å². The van der Waals surface area contributed by atoms with Crippen molar-refractivity contribution in [2.75, 3.05) is 19.7 Å². The number of carbonyl (C=O) groups excluding carboxylic acids is 2. The van der Waals surface area contributed by atoms with E-state index in [1.165, 1.54) is 11.3 Å². The minimum Gasteiger partial charge on any atom is -0.489 e. The number of benzene rings is 1. The Morgan fingerprint density at radius 1 is 1.25 bits per heavy atom. The van der Waals surface area contributed by atoms with Gasteiger partial charge in [0.05, 0.1) is 17.4 Å². The molecule has 28 heavy (non-hydrogen) atoms. The zero-order chi connectivity index (χ0) is 20.1. The van der Waals surface area contributed by atoms with E-state index in [1.54, 1.807) is 11.8 Å². The first kappa shape index (κ1) is 20.4. The van der Waals surface area contributed by atoms with Crippen molar-refractivity contribution in [2.45, 2.75) is 40.2 Å². The SMILES string of the molecule is CCOC(=O)C1CCCN(C(=O)c2cc(COc3cc(C)ccc3C)cs2)C1. The molecule has 1 aromatic heterocycles. The van der Waals surface area contributed by atoms with Crippen molar-refractivity contribution < 1.29 is 19.1 Å². The number of hydrogen-bond acceptors (Lipinski definition) is 5. The molecule has 3 rings (SSSR count). The van der Waals surface area contributed by atoms with Gasteiger partial charge in [0.2, 0.25) is 0 Å². The number of likely N-dealkylation sites (tertiary alicyclic amines) is 1. The zero-order valence-electron chi connectivity index (χ0n) is 16.7. The standard InChI is InChI=1S/C22H27NO4S/c1-4-26-22(25)18-6-5-9-23(12-18)21(24)20-11-17(14-28-20)13-27-19-10-15(2)7-8-16(19)3/h7-8,10-11,14,18H,4-6,9,12-13H2,1-3H3. The van der Waals surface area contributed by atoms with Crippen LogP contribution in [-0.2, 0) is 16.1 Å². The summed E-state index contributed by atoms with van der Waals surface area (Å²) in [4.78, 5) is 27.3. The third-order valence-electron chi connectivity index (χ3n) is 4.93. The highest BCUT2D eigenvalue weighted by Crippen LogP contribution is 2.25. The number of piperidine rings is 1. The first-order valence-electron chi connectivity index (χ1n) is 9.71. The van der Waals surface area contributed by atoms with Gasteiger partial charge in [-0.05, 0) is 62.3 Å². The van der Waals surface area contributed by atoms with Crippen LogP contribution in [-0.4, -0.2) is 36.5 Å². The van der Waals surface area contributed by atoms with Crippen LogP contribution >= 0.6 is 11.3 Å². The van der Waals surface area contributed by atoms with Crippen LogP contribution < -0.4 is 4.74 Å². The average Bonchev–Trinajstić information content (AvgIpc) is 3.17. The molecule has 1 amide bonds. The maximum absolute atomic E-state index is 12.9. The van der Waals surface area contributed by atoms with Crippen molar-refractivity contribution in [3.05, 3.63) is 51.2 Å². The lowest BCUT2D eigenvalue weighted by Gasteiger charge is -2.31. The molecule has 1 saturated heterocycles. The number of thiophene rings is 1. The fourth-order valence-corrected chi connectivity index (χ4v) is 4.22. The average molecular weight is 402 g/mol. The predicted molar refractivity (Wildman–Crippen MR) is 110 cm³/mol. The maximum atomic E-state index is 12.9. The van der Waals surface area contributed by atoms with Crippen molar-refractivity contribution in [2.24, 2.45) is 5.92 Å². The Morgan fingerprint density at radius 2 is 2.07 bits per heavy atom. The van der Waals surface area contributed by atoms with Gasteiger partial charge < -0.3 is 14.4 Å². The maximum Gasteiger partial charge on any atom is 0.310 e. The first-order chi connectivity index (χ1) is 13.5. The van der Waals surface area contributed by atoms with Crippen LogP contribution in [0.15, 0.2) is 29.6 Å². The number of aryl methyl sites for hydroxylation is 2. The molecule has 1 aromatic carbocycles. The second-order valence-corrected chi connectivity index (χ2v) is 8.13. The Kier molecular flexibility index (Phi) is 6.73. The molecule has 2 aromatic rings. The normalized spacial score (nSPS) is 16.7. The summed E-state index contributed by atoms with van der Waals surface area (Å²) in [5.74, 6) is 0.433. The van der Waals surface area contributed by atoms with E-state index in [-0.39, 0.29) is 17.8 Å². The van der Waals surface area contributed by atoms with Crippen molar-refractivity contribution in [3.63, 3.8) is 0 Å². The van der Waals surface area contributed by atoms with Crippen molar-refractivity contribution in [1.29, 1.82) is 0 Å². The molecule has 0 spiro atoms. The molecule has 2 heterocycles. The summed E-state index contributed by atoms with van der Waals surface area (Å²) < 4.78 is 11.1. The van der Waals surface area contributed by atoms with Gasteiger partial charge in [-0.3, -0.25) is 9.59 Å². The molecular formula is C22H27NO4S. The van der Waals surface area contributed by atoms with Gasteiger partial charge in [0.15, 0.2) is 0 Å². The van der Waals surface area contributed by atoms with Gasteiger partial charge in [0.1, 0.15) is 12.4 Å². The number of ether oxygens (including phenoxy) is 2. The molecule has 1 unspecified atom stereocenters. The Balaban J connectivity index is 1.60. The summed E-state index contributed by atoms with van der Waals surface area (Å²) in [5.41, 5.74) is 3.23. The second kappa shape index (κ2) is 9.24. The van der Waals surface area contributed by atoms with E-state index >= 15 is 0 Å².